The summed E-state index contributed by atoms with van der Waals surface area (Å²) in [7, 11) is 0. The molecule has 0 aliphatic rings. The standard InChI is InChI=1S/C20H14Br3F2N/c21-15-3-7-18(8-4-15)26(11-13-1-5-16(24)9-19(13)22)12-14-2-6-17(25)10-20(14)23/h1-10H,11-12H2. The molecule has 1 nitrogen and oxygen atoms in total. The Labute approximate surface area is 176 Å². The zero-order chi connectivity index (χ0) is 18.7. The molecule has 134 valence electrons. The van der Waals surface area contributed by atoms with E-state index in [1.54, 1.807) is 12.1 Å². The second kappa shape index (κ2) is 8.63. The number of hydrogen-bond donors (Lipinski definition) is 0. The van der Waals surface area contributed by atoms with Crippen LogP contribution in [0.3, 0.4) is 0 Å². The molecule has 0 unspecified atom stereocenters. The van der Waals surface area contributed by atoms with Crippen molar-refractivity contribution in [2.24, 2.45) is 0 Å². The van der Waals surface area contributed by atoms with Crippen molar-refractivity contribution in [2.75, 3.05) is 4.90 Å². The van der Waals surface area contributed by atoms with Crippen molar-refractivity contribution in [3.63, 3.8) is 0 Å². The Morgan fingerprint density at radius 1 is 0.654 bits per heavy atom. The molecule has 0 heterocycles. The van der Waals surface area contributed by atoms with Gasteiger partial charge in [0.05, 0.1) is 0 Å². The van der Waals surface area contributed by atoms with Crippen molar-refractivity contribution in [3.8, 4) is 0 Å². The van der Waals surface area contributed by atoms with Gasteiger partial charge in [-0.3, -0.25) is 0 Å². The molecule has 0 saturated heterocycles. The summed E-state index contributed by atoms with van der Waals surface area (Å²) in [5.74, 6) is -0.561. The van der Waals surface area contributed by atoms with Crippen LogP contribution in [0.4, 0.5) is 14.5 Å². The predicted octanol–water partition coefficient (Wildman–Crippen LogP) is 7.46. The summed E-state index contributed by atoms with van der Waals surface area (Å²) < 4.78 is 29.2. The first-order valence-corrected chi connectivity index (χ1v) is 10.2. The monoisotopic (exact) mass is 543 g/mol. The van der Waals surface area contributed by atoms with Crippen molar-refractivity contribution in [2.45, 2.75) is 13.1 Å². The van der Waals surface area contributed by atoms with Gasteiger partial charge in [0.15, 0.2) is 0 Å². The highest BCUT2D eigenvalue weighted by atomic mass is 79.9. The average Bonchev–Trinajstić information content (AvgIpc) is 2.59. The Kier molecular flexibility index (Phi) is 6.48. The summed E-state index contributed by atoms with van der Waals surface area (Å²) in [4.78, 5) is 2.16. The van der Waals surface area contributed by atoms with E-state index < -0.39 is 0 Å². The van der Waals surface area contributed by atoms with Crippen LogP contribution >= 0.6 is 47.8 Å². The first-order valence-electron chi connectivity index (χ1n) is 7.81. The molecule has 26 heavy (non-hydrogen) atoms. The van der Waals surface area contributed by atoms with Crippen LogP contribution in [-0.2, 0) is 13.1 Å². The lowest BCUT2D eigenvalue weighted by molar-refractivity contribution is 0.624. The largest absolute Gasteiger partial charge is 0.363 e. The van der Waals surface area contributed by atoms with Crippen LogP contribution in [0.1, 0.15) is 11.1 Å². The SMILES string of the molecule is Fc1ccc(CN(Cc2ccc(F)cc2Br)c2ccc(Br)cc2)c(Br)c1. The van der Waals surface area contributed by atoms with Crippen LogP contribution in [-0.4, -0.2) is 0 Å². The van der Waals surface area contributed by atoms with Gasteiger partial charge >= 0.3 is 0 Å². The second-order valence-corrected chi connectivity index (χ2v) is 8.43. The molecule has 3 rings (SSSR count). The van der Waals surface area contributed by atoms with Crippen LogP contribution in [0.25, 0.3) is 0 Å². The maximum Gasteiger partial charge on any atom is 0.124 e. The van der Waals surface area contributed by atoms with Gasteiger partial charge in [-0.15, -0.1) is 0 Å². The lowest BCUT2D eigenvalue weighted by Crippen LogP contribution is -2.22. The molecule has 0 radical (unpaired) electrons. The minimum absolute atomic E-state index is 0.280. The highest BCUT2D eigenvalue weighted by molar-refractivity contribution is 9.11. The van der Waals surface area contributed by atoms with E-state index in [4.69, 9.17) is 0 Å². The number of hydrogen-bond acceptors (Lipinski definition) is 1. The molecule has 0 spiro atoms. The van der Waals surface area contributed by atoms with Crippen molar-refractivity contribution in [1.82, 2.24) is 0 Å². The molecule has 0 fully saturated rings. The fourth-order valence-electron chi connectivity index (χ4n) is 2.60. The number of nitrogens with zero attached hydrogens (tertiary/aromatic N) is 1. The summed E-state index contributed by atoms with van der Waals surface area (Å²) >= 11 is 10.3. The Balaban J connectivity index is 1.94. The molecular formula is C20H14Br3F2N. The first-order chi connectivity index (χ1) is 12.4. The number of rotatable bonds is 5. The Bertz CT molecular complexity index is 860. The third kappa shape index (κ3) is 4.93. The van der Waals surface area contributed by atoms with Gasteiger partial charge in [-0.25, -0.2) is 8.78 Å². The van der Waals surface area contributed by atoms with Gasteiger partial charge in [0.1, 0.15) is 11.6 Å². The molecule has 0 bridgehead atoms. The fraction of sp³-hybridized carbons (Fsp3) is 0.100. The molecule has 0 amide bonds. The van der Waals surface area contributed by atoms with E-state index in [1.807, 2.05) is 24.3 Å². The van der Waals surface area contributed by atoms with Crippen molar-refractivity contribution >= 4 is 53.5 Å². The number of halogens is 5. The van der Waals surface area contributed by atoms with Gasteiger partial charge in [-0.1, -0.05) is 59.9 Å². The average molecular weight is 546 g/mol. The third-order valence-electron chi connectivity index (χ3n) is 3.94. The summed E-state index contributed by atoms with van der Waals surface area (Å²) in [6.07, 6.45) is 0. The summed E-state index contributed by atoms with van der Waals surface area (Å²) in [6.45, 7) is 1.15. The molecule has 3 aromatic rings. The molecule has 0 aromatic heterocycles. The molecule has 0 aliphatic carbocycles. The van der Waals surface area contributed by atoms with E-state index in [2.05, 4.69) is 52.7 Å². The lowest BCUT2D eigenvalue weighted by atomic mass is 10.1. The van der Waals surface area contributed by atoms with Crippen LogP contribution in [0.2, 0.25) is 0 Å². The highest BCUT2D eigenvalue weighted by Gasteiger charge is 2.13. The zero-order valence-corrected chi connectivity index (χ0v) is 18.3. The molecule has 3 aromatic carbocycles. The second-order valence-electron chi connectivity index (χ2n) is 5.80. The van der Waals surface area contributed by atoms with Crippen molar-refractivity contribution < 1.29 is 8.78 Å². The van der Waals surface area contributed by atoms with Crippen molar-refractivity contribution in [3.05, 3.63) is 96.8 Å². The summed E-state index contributed by atoms with van der Waals surface area (Å²) in [5, 5.41) is 0. The van der Waals surface area contributed by atoms with Crippen LogP contribution < -0.4 is 4.90 Å². The quantitative estimate of drug-likeness (QED) is 0.322. The van der Waals surface area contributed by atoms with Gasteiger partial charge in [0.25, 0.3) is 0 Å². The van der Waals surface area contributed by atoms with Crippen molar-refractivity contribution in [1.29, 1.82) is 0 Å². The van der Waals surface area contributed by atoms with Crippen LogP contribution in [0.5, 0.6) is 0 Å². The normalized spacial score (nSPS) is 10.8. The fourth-order valence-corrected chi connectivity index (χ4v) is 3.82. The van der Waals surface area contributed by atoms with Crippen LogP contribution in [0.15, 0.2) is 74.1 Å². The molecule has 0 saturated carbocycles. The smallest absolute Gasteiger partial charge is 0.124 e. The Hall–Kier alpha value is -1.24. The minimum atomic E-state index is -0.280. The van der Waals surface area contributed by atoms with E-state index in [0.717, 1.165) is 30.2 Å². The van der Waals surface area contributed by atoms with E-state index in [0.29, 0.717) is 13.1 Å². The van der Waals surface area contributed by atoms with E-state index in [1.165, 1.54) is 24.3 Å². The van der Waals surface area contributed by atoms with Gasteiger partial charge in [0, 0.05) is 32.2 Å². The molecular weight excluding hydrogens is 532 g/mol. The zero-order valence-electron chi connectivity index (χ0n) is 13.5. The first kappa shape index (κ1) is 19.5. The van der Waals surface area contributed by atoms with Gasteiger partial charge < -0.3 is 4.90 Å². The topological polar surface area (TPSA) is 3.24 Å². The molecule has 0 N–H and O–H groups in total. The summed E-state index contributed by atoms with van der Waals surface area (Å²) in [5.41, 5.74) is 2.95. The summed E-state index contributed by atoms with van der Waals surface area (Å²) in [6, 6.07) is 17.3. The molecule has 6 heteroatoms. The van der Waals surface area contributed by atoms with Gasteiger partial charge in [0.2, 0.25) is 0 Å². The maximum atomic E-state index is 13.4. The van der Waals surface area contributed by atoms with E-state index in [-0.39, 0.29) is 11.6 Å². The Morgan fingerprint density at radius 2 is 1.12 bits per heavy atom. The third-order valence-corrected chi connectivity index (χ3v) is 5.95. The number of anilines is 1. The number of benzene rings is 3. The minimum Gasteiger partial charge on any atom is -0.363 e. The van der Waals surface area contributed by atoms with Crippen LogP contribution in [0, 0.1) is 11.6 Å². The van der Waals surface area contributed by atoms with E-state index in [9.17, 15) is 8.78 Å². The Morgan fingerprint density at radius 3 is 1.54 bits per heavy atom. The highest BCUT2D eigenvalue weighted by Crippen LogP contribution is 2.28. The lowest BCUT2D eigenvalue weighted by Gasteiger charge is -2.26. The van der Waals surface area contributed by atoms with Gasteiger partial charge in [-0.2, -0.15) is 0 Å². The maximum absolute atomic E-state index is 13.4. The molecule has 0 aliphatic heterocycles. The molecule has 0 atom stereocenters. The van der Waals surface area contributed by atoms with Gasteiger partial charge in [-0.05, 0) is 59.7 Å². The van der Waals surface area contributed by atoms with E-state index >= 15 is 0 Å². The predicted molar refractivity (Wildman–Crippen MR) is 112 cm³/mol.